The van der Waals surface area contributed by atoms with Crippen LogP contribution in [-0.4, -0.2) is 21.3 Å². The van der Waals surface area contributed by atoms with E-state index in [1.807, 2.05) is 24.3 Å². The lowest BCUT2D eigenvalue weighted by molar-refractivity contribution is 0.382. The highest BCUT2D eigenvalue weighted by atomic mass is 35.5. The quantitative estimate of drug-likeness (QED) is 0.919. The molecule has 0 aromatic heterocycles. The average Bonchev–Trinajstić information content (AvgIpc) is 2.53. The third-order valence-corrected chi connectivity index (χ3v) is 3.61. The Hall–Kier alpha value is -1.91. The van der Waals surface area contributed by atoms with Gasteiger partial charge in [-0.15, -0.1) is 0 Å². The van der Waals surface area contributed by atoms with E-state index >= 15 is 0 Å². The monoisotopic (exact) mass is 307 g/mol. The van der Waals surface area contributed by atoms with Crippen LogP contribution in [0.25, 0.3) is 0 Å². The van der Waals surface area contributed by atoms with Crippen molar-refractivity contribution in [1.29, 1.82) is 0 Å². The summed E-state index contributed by atoms with van der Waals surface area (Å²) in [4.78, 5) is 0. The maximum atomic E-state index is 6.37. The number of halogens is 1. The molecule has 2 aromatic rings. The molecule has 2 N–H and O–H groups in total. The minimum atomic E-state index is -0.417. The highest BCUT2D eigenvalue weighted by Gasteiger charge is 2.20. The van der Waals surface area contributed by atoms with Crippen LogP contribution in [0.15, 0.2) is 36.4 Å². The fourth-order valence-electron chi connectivity index (χ4n) is 2.23. The molecule has 0 bridgehead atoms. The van der Waals surface area contributed by atoms with Gasteiger partial charge in [0.25, 0.3) is 0 Å². The summed E-state index contributed by atoms with van der Waals surface area (Å²) >= 11 is 6.17. The lowest BCUT2D eigenvalue weighted by Gasteiger charge is -2.19. The van der Waals surface area contributed by atoms with Gasteiger partial charge in [-0.25, -0.2) is 0 Å². The molecule has 0 aliphatic rings. The first-order valence-electron chi connectivity index (χ1n) is 6.42. The Labute approximate surface area is 129 Å². The van der Waals surface area contributed by atoms with E-state index in [4.69, 9.17) is 31.5 Å². The van der Waals surface area contributed by atoms with E-state index in [9.17, 15) is 0 Å². The van der Waals surface area contributed by atoms with Crippen LogP contribution in [0.1, 0.15) is 17.2 Å². The molecule has 2 aromatic carbocycles. The summed E-state index contributed by atoms with van der Waals surface area (Å²) in [7, 11) is 4.78. The van der Waals surface area contributed by atoms with Crippen LogP contribution < -0.4 is 19.9 Å². The highest BCUT2D eigenvalue weighted by molar-refractivity contribution is 6.32. The third-order valence-electron chi connectivity index (χ3n) is 3.31. The summed E-state index contributed by atoms with van der Waals surface area (Å²) in [6, 6.07) is 10.6. The van der Waals surface area contributed by atoms with E-state index in [1.165, 1.54) is 0 Å². The second-order valence-corrected chi connectivity index (χ2v) is 4.86. The highest BCUT2D eigenvalue weighted by Crippen LogP contribution is 2.37. The summed E-state index contributed by atoms with van der Waals surface area (Å²) in [5.41, 5.74) is 8.00. The van der Waals surface area contributed by atoms with Gasteiger partial charge in [0.1, 0.15) is 17.2 Å². The van der Waals surface area contributed by atoms with Crippen LogP contribution >= 0.6 is 11.6 Å². The molecule has 5 heteroatoms. The van der Waals surface area contributed by atoms with Crippen LogP contribution in [0.3, 0.4) is 0 Å². The molecule has 0 saturated heterocycles. The van der Waals surface area contributed by atoms with Crippen LogP contribution in [0, 0.1) is 0 Å². The molecule has 112 valence electrons. The van der Waals surface area contributed by atoms with Gasteiger partial charge in [0.05, 0.1) is 38.0 Å². The molecule has 2 rings (SSSR count). The van der Waals surface area contributed by atoms with Crippen LogP contribution in [0.5, 0.6) is 17.2 Å². The lowest BCUT2D eigenvalue weighted by atomic mass is 9.97. The average molecular weight is 308 g/mol. The molecular formula is C16H18ClNO3. The van der Waals surface area contributed by atoms with Crippen molar-refractivity contribution < 1.29 is 14.2 Å². The Morgan fingerprint density at radius 2 is 1.48 bits per heavy atom. The molecule has 0 aliphatic heterocycles. The summed E-state index contributed by atoms with van der Waals surface area (Å²) in [6.07, 6.45) is 0. The molecule has 0 saturated carbocycles. The molecular weight excluding hydrogens is 290 g/mol. The summed E-state index contributed by atoms with van der Waals surface area (Å²) in [5, 5.41) is 0.513. The van der Waals surface area contributed by atoms with E-state index in [2.05, 4.69) is 0 Å². The van der Waals surface area contributed by atoms with E-state index in [-0.39, 0.29) is 0 Å². The molecule has 1 atom stereocenters. The second kappa shape index (κ2) is 6.70. The van der Waals surface area contributed by atoms with Crippen molar-refractivity contribution in [3.05, 3.63) is 52.5 Å². The van der Waals surface area contributed by atoms with Crippen LogP contribution in [0.2, 0.25) is 5.02 Å². The normalized spacial score (nSPS) is 11.9. The summed E-state index contributed by atoms with van der Waals surface area (Å²) < 4.78 is 15.9. The Morgan fingerprint density at radius 3 is 1.95 bits per heavy atom. The maximum absolute atomic E-state index is 6.37. The van der Waals surface area contributed by atoms with Crippen molar-refractivity contribution in [2.45, 2.75) is 6.04 Å². The minimum Gasteiger partial charge on any atom is -0.496 e. The van der Waals surface area contributed by atoms with Gasteiger partial charge < -0.3 is 19.9 Å². The van der Waals surface area contributed by atoms with E-state index in [0.29, 0.717) is 22.3 Å². The first-order valence-corrected chi connectivity index (χ1v) is 6.80. The van der Waals surface area contributed by atoms with E-state index < -0.39 is 6.04 Å². The topological polar surface area (TPSA) is 53.7 Å². The fourth-order valence-corrected chi connectivity index (χ4v) is 2.50. The van der Waals surface area contributed by atoms with Crippen LogP contribution in [-0.2, 0) is 0 Å². The fraction of sp³-hybridized carbons (Fsp3) is 0.250. The molecule has 0 fully saturated rings. The number of ether oxygens (including phenoxy) is 3. The molecule has 0 radical (unpaired) electrons. The first-order chi connectivity index (χ1) is 10.1. The van der Waals surface area contributed by atoms with Gasteiger partial charge in [-0.1, -0.05) is 23.7 Å². The predicted molar refractivity (Wildman–Crippen MR) is 83.6 cm³/mol. The Morgan fingerprint density at radius 1 is 0.905 bits per heavy atom. The van der Waals surface area contributed by atoms with Crippen molar-refractivity contribution in [1.82, 2.24) is 0 Å². The number of rotatable bonds is 5. The van der Waals surface area contributed by atoms with Crippen LogP contribution in [0.4, 0.5) is 0 Å². The van der Waals surface area contributed by atoms with E-state index in [0.717, 1.165) is 11.1 Å². The number of hydrogen-bond acceptors (Lipinski definition) is 4. The van der Waals surface area contributed by atoms with Gasteiger partial charge in [-0.2, -0.15) is 0 Å². The smallest absolute Gasteiger partial charge is 0.137 e. The maximum Gasteiger partial charge on any atom is 0.137 e. The number of benzene rings is 2. The van der Waals surface area contributed by atoms with Crippen molar-refractivity contribution in [2.75, 3.05) is 21.3 Å². The SMILES string of the molecule is COc1ccc(C(N)c2c(OC)cccc2OC)cc1Cl. The van der Waals surface area contributed by atoms with Crippen molar-refractivity contribution in [3.63, 3.8) is 0 Å². The van der Waals surface area contributed by atoms with Gasteiger partial charge >= 0.3 is 0 Å². The zero-order valence-electron chi connectivity index (χ0n) is 12.2. The van der Waals surface area contributed by atoms with Crippen molar-refractivity contribution in [3.8, 4) is 17.2 Å². The zero-order chi connectivity index (χ0) is 15.4. The lowest BCUT2D eigenvalue weighted by Crippen LogP contribution is -2.14. The molecule has 0 heterocycles. The zero-order valence-corrected chi connectivity index (χ0v) is 13.0. The van der Waals surface area contributed by atoms with E-state index in [1.54, 1.807) is 33.5 Å². The minimum absolute atomic E-state index is 0.417. The van der Waals surface area contributed by atoms with Crippen molar-refractivity contribution >= 4 is 11.6 Å². The van der Waals surface area contributed by atoms with Crippen molar-refractivity contribution in [2.24, 2.45) is 5.73 Å². The summed E-state index contributed by atoms with van der Waals surface area (Å²) in [6.45, 7) is 0. The van der Waals surface area contributed by atoms with Gasteiger partial charge in [0.2, 0.25) is 0 Å². The number of nitrogens with two attached hydrogens (primary N) is 1. The Kier molecular flexibility index (Phi) is 4.94. The van der Waals surface area contributed by atoms with Gasteiger partial charge in [0, 0.05) is 0 Å². The standard InChI is InChI=1S/C16H18ClNO3/c1-19-12-8-7-10(9-11(12)17)16(18)15-13(20-2)5-4-6-14(15)21-3/h4-9,16H,18H2,1-3H3. The van der Waals surface area contributed by atoms with Gasteiger partial charge in [-0.05, 0) is 29.8 Å². The first kappa shape index (κ1) is 15.5. The number of methoxy groups -OCH3 is 3. The molecule has 1 unspecified atom stereocenters. The molecule has 0 aliphatic carbocycles. The molecule has 0 spiro atoms. The summed E-state index contributed by atoms with van der Waals surface area (Å²) in [5.74, 6) is 1.96. The second-order valence-electron chi connectivity index (χ2n) is 4.45. The molecule has 4 nitrogen and oxygen atoms in total. The Balaban J connectivity index is 2.49. The molecule has 0 amide bonds. The largest absolute Gasteiger partial charge is 0.496 e. The Bertz CT molecular complexity index is 609. The predicted octanol–water partition coefficient (Wildman–Crippen LogP) is 3.41. The molecule has 21 heavy (non-hydrogen) atoms. The van der Waals surface area contributed by atoms with Gasteiger partial charge in [-0.3, -0.25) is 0 Å². The number of hydrogen-bond donors (Lipinski definition) is 1. The third kappa shape index (κ3) is 3.06. The van der Waals surface area contributed by atoms with Gasteiger partial charge in [0.15, 0.2) is 0 Å².